The molecule has 0 unspecified atom stereocenters. The van der Waals surface area contributed by atoms with Crippen molar-refractivity contribution in [2.45, 2.75) is 38.8 Å². The third-order valence-corrected chi connectivity index (χ3v) is 6.61. The van der Waals surface area contributed by atoms with Gasteiger partial charge in [-0.2, -0.15) is 0 Å². The molecule has 0 saturated heterocycles. The van der Waals surface area contributed by atoms with Crippen LogP contribution in [0.1, 0.15) is 29.1 Å². The summed E-state index contributed by atoms with van der Waals surface area (Å²) < 4.78 is 7.49. The SMILES string of the molecule is Cc1ccc(C)c(-n2c(C)nnc2SCC(=O)N(C)CCCc2cc(-c3ccccc3)no2)c1. The number of aromatic nitrogens is 4. The van der Waals surface area contributed by atoms with Crippen LogP contribution in [0.4, 0.5) is 0 Å². The molecule has 0 N–H and O–H groups in total. The molecular formula is C26H29N5O2S. The fourth-order valence-corrected chi connectivity index (χ4v) is 4.63. The largest absolute Gasteiger partial charge is 0.361 e. The number of nitrogens with zero attached hydrogens (tertiary/aromatic N) is 5. The Morgan fingerprint density at radius 1 is 1.06 bits per heavy atom. The number of carbonyl (C=O) groups excluding carboxylic acids is 1. The highest BCUT2D eigenvalue weighted by Crippen LogP contribution is 2.25. The maximum atomic E-state index is 12.7. The van der Waals surface area contributed by atoms with Crippen LogP contribution in [-0.2, 0) is 11.2 Å². The van der Waals surface area contributed by atoms with Crippen LogP contribution in [0.3, 0.4) is 0 Å². The summed E-state index contributed by atoms with van der Waals surface area (Å²) in [5, 5.41) is 13.4. The fourth-order valence-electron chi connectivity index (χ4n) is 3.70. The van der Waals surface area contributed by atoms with Crippen LogP contribution < -0.4 is 0 Å². The van der Waals surface area contributed by atoms with Crippen molar-refractivity contribution < 1.29 is 9.32 Å². The molecule has 2 aromatic heterocycles. The van der Waals surface area contributed by atoms with Crippen molar-refractivity contribution in [1.82, 2.24) is 24.8 Å². The van der Waals surface area contributed by atoms with E-state index in [1.165, 1.54) is 17.3 Å². The summed E-state index contributed by atoms with van der Waals surface area (Å²) in [7, 11) is 1.83. The minimum Gasteiger partial charge on any atom is -0.361 e. The Kier molecular flexibility index (Phi) is 7.47. The van der Waals surface area contributed by atoms with Crippen LogP contribution in [0.2, 0.25) is 0 Å². The third-order valence-electron chi connectivity index (χ3n) is 5.70. The van der Waals surface area contributed by atoms with Crippen LogP contribution in [0.5, 0.6) is 0 Å². The van der Waals surface area contributed by atoms with Crippen molar-refractivity contribution in [3.8, 4) is 16.9 Å². The van der Waals surface area contributed by atoms with Gasteiger partial charge in [0.05, 0.1) is 11.4 Å². The highest BCUT2D eigenvalue weighted by atomic mass is 32.2. The molecule has 0 fully saturated rings. The maximum absolute atomic E-state index is 12.7. The summed E-state index contributed by atoms with van der Waals surface area (Å²) in [5.74, 6) is 1.99. The molecule has 4 aromatic rings. The molecule has 0 saturated carbocycles. The lowest BCUT2D eigenvalue weighted by molar-refractivity contribution is -0.127. The molecule has 0 aliphatic rings. The van der Waals surface area contributed by atoms with Crippen LogP contribution in [0, 0.1) is 20.8 Å². The van der Waals surface area contributed by atoms with Crippen molar-refractivity contribution in [1.29, 1.82) is 0 Å². The van der Waals surface area contributed by atoms with Gasteiger partial charge in [-0.15, -0.1) is 10.2 Å². The Morgan fingerprint density at radius 3 is 2.65 bits per heavy atom. The van der Waals surface area contributed by atoms with Gasteiger partial charge in [0.15, 0.2) is 5.16 Å². The van der Waals surface area contributed by atoms with Gasteiger partial charge in [0, 0.05) is 31.6 Å². The fraction of sp³-hybridized carbons (Fsp3) is 0.308. The molecule has 2 aromatic carbocycles. The molecule has 4 rings (SSSR count). The highest BCUT2D eigenvalue weighted by molar-refractivity contribution is 7.99. The standard InChI is InChI=1S/C26H29N5O2S/c1-18-12-13-19(2)24(15-18)31-20(3)27-28-26(31)34-17-25(32)30(4)14-8-11-22-16-23(29-33-22)21-9-6-5-7-10-21/h5-7,9-10,12-13,15-16H,8,11,14,17H2,1-4H3. The summed E-state index contributed by atoms with van der Waals surface area (Å²) in [6.07, 6.45) is 1.53. The first-order valence-corrected chi connectivity index (χ1v) is 12.3. The lowest BCUT2D eigenvalue weighted by Crippen LogP contribution is -2.29. The van der Waals surface area contributed by atoms with Gasteiger partial charge < -0.3 is 9.42 Å². The molecule has 8 heteroatoms. The van der Waals surface area contributed by atoms with Crippen molar-refractivity contribution in [2.75, 3.05) is 19.3 Å². The number of carbonyl (C=O) groups is 1. The van der Waals surface area contributed by atoms with Gasteiger partial charge in [0.2, 0.25) is 5.91 Å². The van der Waals surface area contributed by atoms with E-state index in [0.29, 0.717) is 12.3 Å². The summed E-state index contributed by atoms with van der Waals surface area (Å²) in [6, 6.07) is 18.2. The van der Waals surface area contributed by atoms with Gasteiger partial charge in [-0.1, -0.05) is 59.4 Å². The lowest BCUT2D eigenvalue weighted by atomic mass is 10.1. The number of aryl methyl sites for hydroxylation is 4. The van der Waals surface area contributed by atoms with E-state index >= 15 is 0 Å². The topological polar surface area (TPSA) is 77.1 Å². The molecule has 2 heterocycles. The normalized spacial score (nSPS) is 11.1. The van der Waals surface area contributed by atoms with Crippen LogP contribution in [-0.4, -0.2) is 50.1 Å². The van der Waals surface area contributed by atoms with E-state index in [0.717, 1.165) is 52.1 Å². The van der Waals surface area contributed by atoms with E-state index in [2.05, 4.69) is 47.4 Å². The van der Waals surface area contributed by atoms with Gasteiger partial charge in [0.25, 0.3) is 0 Å². The quantitative estimate of drug-likeness (QED) is 0.316. The van der Waals surface area contributed by atoms with Crippen LogP contribution in [0.25, 0.3) is 16.9 Å². The smallest absolute Gasteiger partial charge is 0.232 e. The molecule has 34 heavy (non-hydrogen) atoms. The molecule has 0 atom stereocenters. The highest BCUT2D eigenvalue weighted by Gasteiger charge is 2.17. The zero-order valence-corrected chi connectivity index (χ0v) is 20.8. The third kappa shape index (κ3) is 5.56. The molecule has 0 radical (unpaired) electrons. The zero-order chi connectivity index (χ0) is 24.1. The molecule has 0 bridgehead atoms. The van der Waals surface area contributed by atoms with E-state index in [1.807, 2.05) is 54.9 Å². The van der Waals surface area contributed by atoms with E-state index in [-0.39, 0.29) is 5.91 Å². The molecule has 0 aliphatic carbocycles. The molecule has 1 amide bonds. The first-order chi connectivity index (χ1) is 16.4. The van der Waals surface area contributed by atoms with E-state index in [9.17, 15) is 4.79 Å². The predicted molar refractivity (Wildman–Crippen MR) is 134 cm³/mol. The number of hydrogen-bond donors (Lipinski definition) is 0. The van der Waals surface area contributed by atoms with Gasteiger partial charge >= 0.3 is 0 Å². The first kappa shape index (κ1) is 23.8. The second-order valence-electron chi connectivity index (χ2n) is 8.41. The zero-order valence-electron chi connectivity index (χ0n) is 20.0. The van der Waals surface area contributed by atoms with E-state index < -0.39 is 0 Å². The van der Waals surface area contributed by atoms with Crippen molar-refractivity contribution in [2.24, 2.45) is 0 Å². The Morgan fingerprint density at radius 2 is 1.85 bits per heavy atom. The first-order valence-electron chi connectivity index (χ1n) is 11.3. The summed E-state index contributed by atoms with van der Waals surface area (Å²) in [4.78, 5) is 14.5. The number of hydrogen-bond acceptors (Lipinski definition) is 6. The molecule has 7 nitrogen and oxygen atoms in total. The maximum Gasteiger partial charge on any atom is 0.232 e. The van der Waals surface area contributed by atoms with E-state index in [1.54, 1.807) is 4.90 Å². The van der Waals surface area contributed by atoms with Crippen molar-refractivity contribution >= 4 is 17.7 Å². The molecular weight excluding hydrogens is 446 g/mol. The molecule has 176 valence electrons. The Labute approximate surface area is 204 Å². The van der Waals surface area contributed by atoms with Crippen LogP contribution >= 0.6 is 11.8 Å². The predicted octanol–water partition coefficient (Wildman–Crippen LogP) is 5.03. The Hall–Kier alpha value is -3.39. The van der Waals surface area contributed by atoms with Gasteiger partial charge in [-0.25, -0.2) is 0 Å². The van der Waals surface area contributed by atoms with Gasteiger partial charge in [-0.3, -0.25) is 9.36 Å². The van der Waals surface area contributed by atoms with Crippen molar-refractivity contribution in [3.05, 3.63) is 77.3 Å². The van der Waals surface area contributed by atoms with Gasteiger partial charge in [0.1, 0.15) is 17.3 Å². The number of rotatable bonds is 9. The molecule has 0 spiro atoms. The second kappa shape index (κ2) is 10.7. The Bertz CT molecular complexity index is 1270. The van der Waals surface area contributed by atoms with Crippen molar-refractivity contribution in [3.63, 3.8) is 0 Å². The average molecular weight is 476 g/mol. The Balaban J connectivity index is 1.30. The van der Waals surface area contributed by atoms with E-state index in [4.69, 9.17) is 4.52 Å². The second-order valence-corrected chi connectivity index (χ2v) is 9.35. The summed E-state index contributed by atoms with van der Waals surface area (Å²) in [5.41, 5.74) is 5.22. The number of thioether (sulfide) groups is 1. The lowest BCUT2D eigenvalue weighted by Gasteiger charge is -2.17. The number of amides is 1. The average Bonchev–Trinajstić information content (AvgIpc) is 3.46. The summed E-state index contributed by atoms with van der Waals surface area (Å²) in [6.45, 7) is 6.71. The minimum absolute atomic E-state index is 0.0562. The number of benzene rings is 2. The molecule has 0 aliphatic heterocycles. The minimum atomic E-state index is 0.0562. The van der Waals surface area contributed by atoms with Crippen LogP contribution in [0.15, 0.2) is 64.3 Å². The summed E-state index contributed by atoms with van der Waals surface area (Å²) >= 11 is 1.41. The monoisotopic (exact) mass is 475 g/mol. The van der Waals surface area contributed by atoms with Gasteiger partial charge in [-0.05, 0) is 44.4 Å².